The summed E-state index contributed by atoms with van der Waals surface area (Å²) in [5.74, 6) is 1.46. The van der Waals surface area contributed by atoms with Crippen LogP contribution in [0.1, 0.15) is 13.8 Å². The van der Waals surface area contributed by atoms with Crippen LogP contribution in [0, 0.1) is 0 Å². The minimum Gasteiger partial charge on any atom is -0.411 e. The Morgan fingerprint density at radius 1 is 1.40 bits per heavy atom. The molecule has 6 heteroatoms. The van der Waals surface area contributed by atoms with Gasteiger partial charge in [-0.2, -0.15) is 5.10 Å². The van der Waals surface area contributed by atoms with Gasteiger partial charge in [0.2, 0.25) is 0 Å². The fraction of sp³-hybridized carbons (Fsp3) is 0.444. The van der Waals surface area contributed by atoms with Crippen molar-refractivity contribution in [3.63, 3.8) is 0 Å². The van der Waals surface area contributed by atoms with Crippen molar-refractivity contribution in [2.75, 3.05) is 5.75 Å². The van der Waals surface area contributed by atoms with Crippen molar-refractivity contribution in [1.82, 2.24) is 20.0 Å². The van der Waals surface area contributed by atoms with Crippen molar-refractivity contribution < 1.29 is 4.42 Å². The van der Waals surface area contributed by atoms with Crippen molar-refractivity contribution in [2.45, 2.75) is 25.6 Å². The van der Waals surface area contributed by atoms with Crippen LogP contribution in [-0.4, -0.2) is 25.7 Å². The largest absolute Gasteiger partial charge is 0.411 e. The molecule has 0 aliphatic rings. The quantitative estimate of drug-likeness (QED) is 0.744. The van der Waals surface area contributed by atoms with Gasteiger partial charge in [-0.15, -0.1) is 10.2 Å². The van der Waals surface area contributed by atoms with Gasteiger partial charge >= 0.3 is 0 Å². The molecule has 80 valence electrons. The molecule has 2 aromatic rings. The second-order valence-corrected chi connectivity index (χ2v) is 4.11. The van der Waals surface area contributed by atoms with Crippen LogP contribution in [0.4, 0.5) is 0 Å². The van der Waals surface area contributed by atoms with Gasteiger partial charge in [0.05, 0.1) is 11.8 Å². The van der Waals surface area contributed by atoms with Gasteiger partial charge in [0, 0.05) is 12.7 Å². The fourth-order valence-corrected chi connectivity index (χ4v) is 1.64. The average Bonchev–Trinajstić information content (AvgIpc) is 2.85. The Balaban J connectivity index is 2.21. The maximum atomic E-state index is 5.46. The van der Waals surface area contributed by atoms with E-state index in [0.29, 0.717) is 11.1 Å². The third-order valence-corrected chi connectivity index (χ3v) is 2.58. The zero-order valence-electron chi connectivity index (χ0n) is 8.67. The van der Waals surface area contributed by atoms with Crippen molar-refractivity contribution >= 4 is 11.8 Å². The molecule has 5 nitrogen and oxygen atoms in total. The Morgan fingerprint density at radius 2 is 2.27 bits per heavy atom. The molecule has 0 bridgehead atoms. The molecule has 2 heterocycles. The van der Waals surface area contributed by atoms with E-state index in [2.05, 4.69) is 15.3 Å². The normalized spacial score (nSPS) is 10.8. The van der Waals surface area contributed by atoms with Crippen LogP contribution in [-0.2, 0) is 6.54 Å². The van der Waals surface area contributed by atoms with E-state index in [1.807, 2.05) is 24.7 Å². The Bertz CT molecular complexity index is 437. The van der Waals surface area contributed by atoms with Crippen LogP contribution in [0.3, 0.4) is 0 Å². The van der Waals surface area contributed by atoms with Crippen molar-refractivity contribution in [3.8, 4) is 11.5 Å². The van der Waals surface area contributed by atoms with E-state index in [1.54, 1.807) is 6.20 Å². The minimum absolute atomic E-state index is 0.533. The van der Waals surface area contributed by atoms with Gasteiger partial charge in [0.25, 0.3) is 11.1 Å². The van der Waals surface area contributed by atoms with Gasteiger partial charge in [-0.1, -0.05) is 18.7 Å². The number of aryl methyl sites for hydroxylation is 1. The molecule has 0 spiro atoms. The maximum Gasteiger partial charge on any atom is 0.276 e. The summed E-state index contributed by atoms with van der Waals surface area (Å²) < 4.78 is 7.28. The molecule has 0 saturated heterocycles. The molecular weight excluding hydrogens is 212 g/mol. The third-order valence-electron chi connectivity index (χ3n) is 1.88. The molecule has 0 radical (unpaired) electrons. The van der Waals surface area contributed by atoms with Gasteiger partial charge in [0.15, 0.2) is 0 Å². The standard InChI is InChI=1S/C9H12N4OS/c1-3-13-6-7(5-10-13)8-11-12-9(14-8)15-4-2/h5-6H,3-4H2,1-2H3. The molecular formula is C9H12N4OS. The highest BCUT2D eigenvalue weighted by Gasteiger charge is 2.09. The molecule has 0 aliphatic carbocycles. The van der Waals surface area contributed by atoms with Crippen LogP contribution in [0.25, 0.3) is 11.5 Å². The molecule has 2 aromatic heterocycles. The molecule has 0 saturated carbocycles. The van der Waals surface area contributed by atoms with Crippen molar-refractivity contribution in [2.24, 2.45) is 0 Å². The number of nitrogens with zero attached hydrogens (tertiary/aromatic N) is 4. The first-order valence-electron chi connectivity index (χ1n) is 4.82. The highest BCUT2D eigenvalue weighted by molar-refractivity contribution is 7.99. The fourth-order valence-electron chi connectivity index (χ4n) is 1.16. The Kier molecular flexibility index (Phi) is 3.05. The number of hydrogen-bond donors (Lipinski definition) is 0. The third kappa shape index (κ3) is 2.20. The predicted octanol–water partition coefficient (Wildman–Crippen LogP) is 2.06. The Morgan fingerprint density at radius 3 is 2.93 bits per heavy atom. The lowest BCUT2D eigenvalue weighted by Crippen LogP contribution is -1.91. The molecule has 0 atom stereocenters. The zero-order chi connectivity index (χ0) is 10.7. The lowest BCUT2D eigenvalue weighted by Gasteiger charge is -1.90. The smallest absolute Gasteiger partial charge is 0.276 e. The van der Waals surface area contributed by atoms with Crippen molar-refractivity contribution in [3.05, 3.63) is 12.4 Å². The molecule has 0 unspecified atom stereocenters. The van der Waals surface area contributed by atoms with E-state index >= 15 is 0 Å². The number of aromatic nitrogens is 4. The second kappa shape index (κ2) is 4.48. The summed E-state index contributed by atoms with van der Waals surface area (Å²) in [6.45, 7) is 4.91. The zero-order valence-corrected chi connectivity index (χ0v) is 9.49. The number of rotatable bonds is 4. The summed E-state index contributed by atoms with van der Waals surface area (Å²) in [6, 6.07) is 0. The highest BCUT2D eigenvalue weighted by Crippen LogP contribution is 2.22. The lowest BCUT2D eigenvalue weighted by atomic mass is 10.4. The molecule has 0 amide bonds. The van der Waals surface area contributed by atoms with Crippen LogP contribution in [0.15, 0.2) is 22.0 Å². The topological polar surface area (TPSA) is 56.7 Å². The van der Waals surface area contributed by atoms with E-state index in [1.165, 1.54) is 11.8 Å². The van der Waals surface area contributed by atoms with Crippen LogP contribution < -0.4 is 0 Å². The SMILES string of the molecule is CCSc1nnc(-c2cnn(CC)c2)o1. The molecule has 0 N–H and O–H groups in total. The molecule has 15 heavy (non-hydrogen) atoms. The van der Waals surface area contributed by atoms with Gasteiger partial charge in [-0.05, 0) is 12.7 Å². The van der Waals surface area contributed by atoms with Gasteiger partial charge in [-0.25, -0.2) is 0 Å². The van der Waals surface area contributed by atoms with Crippen LogP contribution >= 0.6 is 11.8 Å². The van der Waals surface area contributed by atoms with Gasteiger partial charge in [-0.3, -0.25) is 4.68 Å². The molecule has 0 aromatic carbocycles. The van der Waals surface area contributed by atoms with E-state index < -0.39 is 0 Å². The monoisotopic (exact) mass is 224 g/mol. The number of hydrogen-bond acceptors (Lipinski definition) is 5. The molecule has 2 rings (SSSR count). The van der Waals surface area contributed by atoms with Crippen molar-refractivity contribution in [1.29, 1.82) is 0 Å². The predicted molar refractivity (Wildman–Crippen MR) is 57.6 cm³/mol. The van der Waals surface area contributed by atoms with E-state index in [0.717, 1.165) is 17.9 Å². The summed E-state index contributed by atoms with van der Waals surface area (Å²) in [5, 5.41) is 12.6. The average molecular weight is 224 g/mol. The Labute approximate surface area is 91.9 Å². The Hall–Kier alpha value is -1.30. The first kappa shape index (κ1) is 10.2. The first-order valence-corrected chi connectivity index (χ1v) is 5.81. The highest BCUT2D eigenvalue weighted by atomic mass is 32.2. The van der Waals surface area contributed by atoms with E-state index in [9.17, 15) is 0 Å². The van der Waals surface area contributed by atoms with E-state index in [4.69, 9.17) is 4.42 Å². The summed E-state index contributed by atoms with van der Waals surface area (Å²) in [7, 11) is 0. The molecule has 0 fully saturated rings. The summed E-state index contributed by atoms with van der Waals surface area (Å²) in [5.41, 5.74) is 0.868. The second-order valence-electron chi connectivity index (χ2n) is 2.89. The van der Waals surface area contributed by atoms with Gasteiger partial charge < -0.3 is 4.42 Å². The first-order chi connectivity index (χ1) is 7.33. The van der Waals surface area contributed by atoms with Gasteiger partial charge in [0.1, 0.15) is 0 Å². The maximum absolute atomic E-state index is 5.46. The van der Waals surface area contributed by atoms with E-state index in [-0.39, 0.29) is 0 Å². The minimum atomic E-state index is 0.533. The number of thioether (sulfide) groups is 1. The van der Waals surface area contributed by atoms with Crippen LogP contribution in [0.2, 0.25) is 0 Å². The lowest BCUT2D eigenvalue weighted by molar-refractivity contribution is 0.466. The summed E-state index contributed by atoms with van der Waals surface area (Å²) in [4.78, 5) is 0. The summed E-state index contributed by atoms with van der Waals surface area (Å²) in [6.07, 6.45) is 3.63. The summed E-state index contributed by atoms with van der Waals surface area (Å²) >= 11 is 1.54. The van der Waals surface area contributed by atoms with Crippen LogP contribution in [0.5, 0.6) is 0 Å². The molecule has 0 aliphatic heterocycles.